The minimum atomic E-state index is -0.950. The Kier molecular flexibility index (Phi) is 8.48. The van der Waals surface area contributed by atoms with Crippen molar-refractivity contribution in [2.45, 2.75) is 6.92 Å². The predicted molar refractivity (Wildman–Crippen MR) is 94.4 cm³/mol. The average molecular weight is 292 g/mol. The number of carboxylic acid groups (broad SMARTS) is 1. The summed E-state index contributed by atoms with van der Waals surface area (Å²) in [6.07, 6.45) is 22.0. The van der Waals surface area contributed by atoms with Crippen LogP contribution < -0.4 is 0 Å². The Morgan fingerprint density at radius 2 is 1.32 bits per heavy atom. The topological polar surface area (TPSA) is 37.3 Å². The molecular formula is C20H20O2. The number of carbonyl (C=O) groups is 1. The molecule has 2 heteroatoms. The van der Waals surface area contributed by atoms with E-state index in [1.54, 1.807) is 6.08 Å². The number of allylic oxidation sites excluding steroid dienone is 9. The fourth-order valence-corrected chi connectivity index (χ4v) is 1.64. The summed E-state index contributed by atoms with van der Waals surface area (Å²) in [5, 5.41) is 8.54. The molecule has 0 bridgehead atoms. The van der Waals surface area contributed by atoms with Crippen LogP contribution in [-0.4, -0.2) is 11.1 Å². The predicted octanol–water partition coefficient (Wildman–Crippen LogP) is 5.04. The van der Waals surface area contributed by atoms with Gasteiger partial charge in [0.2, 0.25) is 0 Å². The summed E-state index contributed by atoms with van der Waals surface area (Å²) in [6.45, 7) is 1.98. The lowest BCUT2D eigenvalue weighted by Gasteiger charge is -1.98. The molecular weight excluding hydrogens is 272 g/mol. The molecule has 0 unspecified atom stereocenters. The van der Waals surface area contributed by atoms with Gasteiger partial charge in [-0.05, 0) is 18.1 Å². The third kappa shape index (κ3) is 7.65. The quantitative estimate of drug-likeness (QED) is 0.564. The van der Waals surface area contributed by atoms with E-state index in [0.29, 0.717) is 0 Å². The van der Waals surface area contributed by atoms with E-state index in [9.17, 15) is 4.79 Å². The number of hydrogen-bond donors (Lipinski definition) is 1. The summed E-state index contributed by atoms with van der Waals surface area (Å²) in [7, 11) is 0. The Bertz CT molecular complexity index is 641. The second kappa shape index (κ2) is 10.9. The van der Waals surface area contributed by atoms with Gasteiger partial charge in [0.25, 0.3) is 0 Å². The monoisotopic (exact) mass is 292 g/mol. The zero-order valence-corrected chi connectivity index (χ0v) is 12.6. The molecule has 0 spiro atoms. The Morgan fingerprint density at radius 3 is 1.86 bits per heavy atom. The molecule has 1 N–H and O–H groups in total. The molecule has 22 heavy (non-hydrogen) atoms. The molecule has 0 aliphatic carbocycles. The molecule has 0 aliphatic heterocycles. The van der Waals surface area contributed by atoms with Crippen LogP contribution in [0.15, 0.2) is 85.0 Å². The van der Waals surface area contributed by atoms with Crippen LogP contribution in [0.1, 0.15) is 18.1 Å². The summed E-state index contributed by atoms with van der Waals surface area (Å²) in [5.74, 6) is -0.950. The Hall–Kier alpha value is -2.87. The second-order valence-electron chi connectivity index (χ2n) is 4.34. The highest BCUT2D eigenvalue weighted by molar-refractivity contribution is 5.80. The van der Waals surface area contributed by atoms with Crippen LogP contribution in [0.25, 0.3) is 12.2 Å². The van der Waals surface area contributed by atoms with E-state index < -0.39 is 5.97 Å². The Morgan fingerprint density at radius 1 is 0.818 bits per heavy atom. The molecule has 112 valence electrons. The lowest BCUT2D eigenvalue weighted by Crippen LogP contribution is -1.84. The molecule has 2 nitrogen and oxygen atoms in total. The number of aliphatic carboxylic acids is 1. The zero-order valence-electron chi connectivity index (χ0n) is 12.6. The fraction of sp³-hybridized carbons (Fsp3) is 0.0500. The first-order chi connectivity index (χ1) is 10.7. The minimum Gasteiger partial charge on any atom is -0.478 e. The van der Waals surface area contributed by atoms with Crippen LogP contribution >= 0.6 is 0 Å². The van der Waals surface area contributed by atoms with Crippen LogP contribution in [0.4, 0.5) is 0 Å². The number of benzene rings is 1. The fourth-order valence-electron chi connectivity index (χ4n) is 1.64. The van der Waals surface area contributed by atoms with E-state index in [1.165, 1.54) is 6.08 Å². The van der Waals surface area contributed by atoms with Gasteiger partial charge in [0.15, 0.2) is 0 Å². The maximum absolute atomic E-state index is 10.4. The molecule has 0 heterocycles. The van der Waals surface area contributed by atoms with E-state index in [2.05, 4.69) is 0 Å². The lowest BCUT2D eigenvalue weighted by atomic mass is 10.1. The Labute approximate surface area is 131 Å². The van der Waals surface area contributed by atoms with Gasteiger partial charge in [0, 0.05) is 6.08 Å². The largest absolute Gasteiger partial charge is 0.478 e. The van der Waals surface area contributed by atoms with E-state index in [4.69, 9.17) is 5.11 Å². The van der Waals surface area contributed by atoms with Gasteiger partial charge < -0.3 is 5.11 Å². The molecule has 0 saturated carbocycles. The van der Waals surface area contributed by atoms with E-state index >= 15 is 0 Å². The highest BCUT2D eigenvalue weighted by Crippen LogP contribution is 2.12. The first-order valence-corrected chi connectivity index (χ1v) is 7.03. The Balaban J connectivity index is 2.73. The maximum Gasteiger partial charge on any atom is 0.328 e. The molecule has 1 rings (SSSR count). The third-order valence-electron chi connectivity index (χ3n) is 2.65. The van der Waals surface area contributed by atoms with Gasteiger partial charge in [0.1, 0.15) is 0 Å². The SMILES string of the molecule is C/C=C/C=C\C=C\C=C/c1ccccc1/C=C/C=C\C(=O)O. The molecule has 0 amide bonds. The van der Waals surface area contributed by atoms with Crippen LogP contribution in [-0.2, 0) is 4.79 Å². The van der Waals surface area contributed by atoms with Crippen molar-refractivity contribution in [1.29, 1.82) is 0 Å². The van der Waals surface area contributed by atoms with E-state index in [1.807, 2.05) is 85.9 Å². The van der Waals surface area contributed by atoms with Crippen molar-refractivity contribution in [2.75, 3.05) is 0 Å². The summed E-state index contributed by atoms with van der Waals surface area (Å²) < 4.78 is 0. The first kappa shape index (κ1) is 17.2. The molecule has 0 atom stereocenters. The van der Waals surface area contributed by atoms with Crippen molar-refractivity contribution in [2.24, 2.45) is 0 Å². The van der Waals surface area contributed by atoms with Crippen LogP contribution in [0, 0.1) is 0 Å². The smallest absolute Gasteiger partial charge is 0.328 e. The normalized spacial score (nSPS) is 13.0. The van der Waals surface area contributed by atoms with E-state index in [-0.39, 0.29) is 0 Å². The van der Waals surface area contributed by atoms with Crippen molar-refractivity contribution in [1.82, 2.24) is 0 Å². The average Bonchev–Trinajstić information content (AvgIpc) is 2.51. The summed E-state index contributed by atoms with van der Waals surface area (Å²) in [6, 6.07) is 7.92. The van der Waals surface area contributed by atoms with Crippen LogP contribution in [0.3, 0.4) is 0 Å². The molecule has 0 saturated heterocycles. The first-order valence-electron chi connectivity index (χ1n) is 7.03. The molecule has 1 aromatic rings. The van der Waals surface area contributed by atoms with Crippen molar-refractivity contribution >= 4 is 18.1 Å². The number of rotatable bonds is 7. The van der Waals surface area contributed by atoms with Gasteiger partial charge in [-0.2, -0.15) is 0 Å². The van der Waals surface area contributed by atoms with Gasteiger partial charge in [0.05, 0.1) is 0 Å². The summed E-state index contributed by atoms with van der Waals surface area (Å²) >= 11 is 0. The molecule has 1 aromatic carbocycles. The summed E-state index contributed by atoms with van der Waals surface area (Å²) in [5.41, 5.74) is 2.11. The molecule has 0 aliphatic rings. The third-order valence-corrected chi connectivity index (χ3v) is 2.65. The van der Waals surface area contributed by atoms with Crippen LogP contribution in [0.5, 0.6) is 0 Å². The number of carboxylic acids is 1. The van der Waals surface area contributed by atoms with Gasteiger partial charge in [-0.1, -0.05) is 91.1 Å². The maximum atomic E-state index is 10.4. The standard InChI is InChI=1S/C20H20O2/c1-2-3-4-5-6-7-8-13-18-14-9-10-15-19(18)16-11-12-17-20(21)22/h2-17H,1H3,(H,21,22)/b3-2+,5-4-,7-6+,13-8-,16-11+,17-12-. The van der Waals surface area contributed by atoms with Gasteiger partial charge in [-0.3, -0.25) is 0 Å². The van der Waals surface area contributed by atoms with Gasteiger partial charge >= 0.3 is 5.97 Å². The van der Waals surface area contributed by atoms with E-state index in [0.717, 1.165) is 17.2 Å². The molecule has 0 aromatic heterocycles. The van der Waals surface area contributed by atoms with Gasteiger partial charge in [-0.15, -0.1) is 0 Å². The molecule has 0 fully saturated rings. The van der Waals surface area contributed by atoms with Crippen molar-refractivity contribution in [3.05, 3.63) is 96.2 Å². The van der Waals surface area contributed by atoms with Crippen LogP contribution in [0.2, 0.25) is 0 Å². The van der Waals surface area contributed by atoms with Crippen molar-refractivity contribution in [3.8, 4) is 0 Å². The van der Waals surface area contributed by atoms with Crippen molar-refractivity contribution < 1.29 is 9.90 Å². The second-order valence-corrected chi connectivity index (χ2v) is 4.34. The summed E-state index contributed by atoms with van der Waals surface area (Å²) in [4.78, 5) is 10.4. The highest BCUT2D eigenvalue weighted by Gasteiger charge is 1.92. The number of hydrogen-bond acceptors (Lipinski definition) is 1. The lowest BCUT2D eigenvalue weighted by molar-refractivity contribution is -0.131. The highest BCUT2D eigenvalue weighted by atomic mass is 16.4. The zero-order chi connectivity index (χ0) is 16.0. The van der Waals surface area contributed by atoms with Gasteiger partial charge in [-0.25, -0.2) is 4.79 Å². The molecule has 0 radical (unpaired) electrons. The minimum absolute atomic E-state index is 0.950. The van der Waals surface area contributed by atoms with Crippen molar-refractivity contribution in [3.63, 3.8) is 0 Å².